The number of alkyl halides is 1. The number of nitrogens with zero attached hydrogens (tertiary/aromatic N) is 1. The van der Waals surface area contributed by atoms with E-state index in [9.17, 15) is 9.18 Å². The summed E-state index contributed by atoms with van der Waals surface area (Å²) in [6.45, 7) is 0.0685. The quantitative estimate of drug-likeness (QED) is 0.565. The average molecular weight is 221 g/mol. The predicted octanol–water partition coefficient (Wildman–Crippen LogP) is 0.871. The molecular weight excluding hydrogens is 205 g/mol. The predicted molar refractivity (Wildman–Crippen MR) is 49.8 cm³/mol. The number of amides is 1. The molecule has 0 radical (unpaired) electrons. The maximum atomic E-state index is 11.8. The Morgan fingerprint density at radius 1 is 1.40 bits per heavy atom. The highest BCUT2D eigenvalue weighted by Crippen LogP contribution is 2.09. The summed E-state index contributed by atoms with van der Waals surface area (Å²) in [7, 11) is 0. The van der Waals surface area contributed by atoms with Crippen molar-refractivity contribution in [3.63, 3.8) is 0 Å². The molecule has 1 N–H and O–H groups in total. The maximum Gasteiger partial charge on any atom is 0.441 e. The van der Waals surface area contributed by atoms with Gasteiger partial charge in [-0.25, -0.2) is 9.18 Å². The van der Waals surface area contributed by atoms with Crippen LogP contribution in [-0.2, 0) is 9.78 Å². The largest absolute Gasteiger partial charge is 0.441 e. The van der Waals surface area contributed by atoms with Gasteiger partial charge in [0.05, 0.1) is 0 Å². The molecule has 88 valence electrons. The molecule has 0 aromatic heterocycles. The lowest BCUT2D eigenvalue weighted by Gasteiger charge is -2.24. The summed E-state index contributed by atoms with van der Waals surface area (Å²) in [4.78, 5) is 21.6. The molecule has 15 heavy (non-hydrogen) atoms. The lowest BCUT2D eigenvalue weighted by atomic mass is 10.1. The van der Waals surface area contributed by atoms with Crippen molar-refractivity contribution < 1.29 is 24.1 Å². The average Bonchev–Trinajstić information content (AvgIpc) is 2.29. The Morgan fingerprint density at radius 2 is 2.07 bits per heavy atom. The number of aliphatic hydroxyl groups excluding tert-OH is 1. The molecular formula is C9H16FNO4. The van der Waals surface area contributed by atoms with E-state index in [1.54, 1.807) is 0 Å². The molecule has 1 saturated heterocycles. The third-order valence-corrected chi connectivity index (χ3v) is 2.18. The van der Waals surface area contributed by atoms with E-state index in [4.69, 9.17) is 5.11 Å². The molecule has 5 nitrogen and oxygen atoms in total. The van der Waals surface area contributed by atoms with Crippen LogP contribution in [0.1, 0.15) is 19.3 Å². The first kappa shape index (κ1) is 12.2. The van der Waals surface area contributed by atoms with E-state index >= 15 is 0 Å². The molecule has 1 heterocycles. The maximum absolute atomic E-state index is 11.8. The van der Waals surface area contributed by atoms with Crippen molar-refractivity contribution in [1.29, 1.82) is 0 Å². The molecule has 1 unspecified atom stereocenters. The highest BCUT2D eigenvalue weighted by molar-refractivity contribution is 5.66. The lowest BCUT2D eigenvalue weighted by molar-refractivity contribution is -0.259. The van der Waals surface area contributed by atoms with Crippen molar-refractivity contribution in [2.45, 2.75) is 25.4 Å². The van der Waals surface area contributed by atoms with Crippen LogP contribution in [0.15, 0.2) is 0 Å². The molecule has 0 spiro atoms. The van der Waals surface area contributed by atoms with Crippen molar-refractivity contribution in [1.82, 2.24) is 4.90 Å². The molecule has 0 aliphatic carbocycles. The summed E-state index contributed by atoms with van der Waals surface area (Å²) >= 11 is 0. The number of carbonyl (C=O) groups is 1. The first-order chi connectivity index (χ1) is 7.24. The number of halogens is 1. The number of hydrogen-bond donors (Lipinski definition) is 1. The van der Waals surface area contributed by atoms with Gasteiger partial charge in [-0.2, -0.15) is 4.89 Å². The standard InChI is InChI=1S/C9H16FNO4/c10-6-8(12)7-14-15-9(13)11-4-2-1-3-5-11/h8,12H,1-7H2. The number of likely N-dealkylation sites (tertiary alicyclic amines) is 1. The molecule has 1 aliphatic heterocycles. The lowest BCUT2D eigenvalue weighted by Crippen LogP contribution is -2.36. The van der Waals surface area contributed by atoms with Gasteiger partial charge in [-0.05, 0) is 19.3 Å². The summed E-state index contributed by atoms with van der Waals surface area (Å²) < 4.78 is 11.8. The molecule has 1 atom stereocenters. The SMILES string of the molecule is O=C(OOCC(O)CF)N1CCCCC1. The van der Waals surface area contributed by atoms with E-state index in [1.807, 2.05) is 0 Å². The van der Waals surface area contributed by atoms with Crippen LogP contribution in [0.25, 0.3) is 0 Å². The van der Waals surface area contributed by atoms with Gasteiger partial charge in [0, 0.05) is 13.1 Å². The fourth-order valence-electron chi connectivity index (χ4n) is 1.34. The number of aliphatic hydroxyl groups is 1. The van der Waals surface area contributed by atoms with Gasteiger partial charge in [-0.15, -0.1) is 0 Å². The zero-order valence-electron chi connectivity index (χ0n) is 8.52. The van der Waals surface area contributed by atoms with E-state index in [0.717, 1.165) is 19.3 Å². The topological polar surface area (TPSA) is 59.0 Å². The monoisotopic (exact) mass is 221 g/mol. The first-order valence-corrected chi connectivity index (χ1v) is 5.06. The van der Waals surface area contributed by atoms with Gasteiger partial charge < -0.3 is 10.0 Å². The third-order valence-electron chi connectivity index (χ3n) is 2.18. The van der Waals surface area contributed by atoms with Crippen LogP contribution < -0.4 is 0 Å². The van der Waals surface area contributed by atoms with Crippen LogP contribution >= 0.6 is 0 Å². The second-order valence-corrected chi connectivity index (χ2v) is 3.49. The van der Waals surface area contributed by atoms with E-state index in [0.29, 0.717) is 13.1 Å². The molecule has 0 bridgehead atoms. The van der Waals surface area contributed by atoms with Crippen molar-refractivity contribution in [2.75, 3.05) is 26.4 Å². The van der Waals surface area contributed by atoms with Crippen LogP contribution in [-0.4, -0.2) is 48.6 Å². The second kappa shape index (κ2) is 6.58. The Balaban J connectivity index is 2.12. The number of carbonyl (C=O) groups excluding carboxylic acids is 1. The van der Waals surface area contributed by atoms with E-state index in [2.05, 4.69) is 9.78 Å². The zero-order chi connectivity index (χ0) is 11.1. The Labute approximate surface area is 87.7 Å². The van der Waals surface area contributed by atoms with Crippen molar-refractivity contribution in [3.8, 4) is 0 Å². The van der Waals surface area contributed by atoms with Gasteiger partial charge in [0.15, 0.2) is 0 Å². The fraction of sp³-hybridized carbons (Fsp3) is 0.889. The Bertz CT molecular complexity index is 197. The van der Waals surface area contributed by atoms with Gasteiger partial charge in [0.25, 0.3) is 0 Å². The molecule has 1 rings (SSSR count). The molecule has 0 aromatic rings. The van der Waals surface area contributed by atoms with Crippen molar-refractivity contribution in [3.05, 3.63) is 0 Å². The molecule has 1 amide bonds. The zero-order valence-corrected chi connectivity index (χ0v) is 8.52. The minimum absolute atomic E-state index is 0.337. The van der Waals surface area contributed by atoms with E-state index < -0.39 is 18.9 Å². The van der Waals surface area contributed by atoms with E-state index in [-0.39, 0.29) is 6.61 Å². The van der Waals surface area contributed by atoms with Gasteiger partial charge in [-0.3, -0.25) is 4.89 Å². The fourth-order valence-corrected chi connectivity index (χ4v) is 1.34. The number of hydrogen-bond acceptors (Lipinski definition) is 4. The Hall–Kier alpha value is -0.880. The number of piperidine rings is 1. The summed E-state index contributed by atoms with van der Waals surface area (Å²) in [5.74, 6) is 0. The third kappa shape index (κ3) is 4.44. The van der Waals surface area contributed by atoms with Crippen LogP contribution in [0.4, 0.5) is 9.18 Å². The normalized spacial score (nSPS) is 18.7. The summed E-state index contributed by atoms with van der Waals surface area (Å²) in [6, 6.07) is 0. The minimum Gasteiger partial charge on any atom is -0.388 e. The molecule has 1 fully saturated rings. The van der Waals surface area contributed by atoms with Gasteiger partial charge in [0.2, 0.25) is 0 Å². The minimum atomic E-state index is -1.24. The van der Waals surface area contributed by atoms with Crippen LogP contribution in [0.5, 0.6) is 0 Å². The van der Waals surface area contributed by atoms with Gasteiger partial charge in [0.1, 0.15) is 19.4 Å². The molecule has 0 aromatic carbocycles. The summed E-state index contributed by atoms with van der Waals surface area (Å²) in [5.41, 5.74) is 0. The first-order valence-electron chi connectivity index (χ1n) is 5.06. The number of rotatable bonds is 4. The molecule has 1 aliphatic rings. The van der Waals surface area contributed by atoms with E-state index in [1.165, 1.54) is 4.90 Å². The highest BCUT2D eigenvalue weighted by atomic mass is 19.1. The Kier molecular flexibility index (Phi) is 5.34. The van der Waals surface area contributed by atoms with Gasteiger partial charge >= 0.3 is 6.09 Å². The molecule has 6 heteroatoms. The van der Waals surface area contributed by atoms with Crippen LogP contribution in [0.3, 0.4) is 0 Å². The smallest absolute Gasteiger partial charge is 0.388 e. The van der Waals surface area contributed by atoms with Crippen LogP contribution in [0.2, 0.25) is 0 Å². The highest BCUT2D eigenvalue weighted by Gasteiger charge is 2.18. The Morgan fingerprint density at radius 3 is 2.67 bits per heavy atom. The van der Waals surface area contributed by atoms with Gasteiger partial charge in [-0.1, -0.05) is 0 Å². The summed E-state index contributed by atoms with van der Waals surface area (Å²) in [6.07, 6.45) is 1.23. The second-order valence-electron chi connectivity index (χ2n) is 3.49. The summed E-state index contributed by atoms with van der Waals surface area (Å²) in [5, 5.41) is 8.78. The van der Waals surface area contributed by atoms with Crippen LogP contribution in [0, 0.1) is 0 Å². The van der Waals surface area contributed by atoms with Crippen molar-refractivity contribution >= 4 is 6.09 Å². The van der Waals surface area contributed by atoms with Crippen molar-refractivity contribution in [2.24, 2.45) is 0 Å². The molecule has 0 saturated carbocycles.